The summed E-state index contributed by atoms with van der Waals surface area (Å²) in [6.45, 7) is 2.48. The molecule has 3 aliphatic rings. The van der Waals surface area contributed by atoms with Crippen LogP contribution in [0, 0.1) is 5.92 Å². The number of carbonyl (C=O) groups excluding carboxylic acids is 2. The SMILES string of the molecule is O=C(C1CC1)N1CCC(c2cccc(NC(=O)N3CCCNc4ccc(-c5cccc(C(F)(F)F)c5)nc43)c2)C1. The summed E-state index contributed by atoms with van der Waals surface area (Å²) >= 11 is 0. The smallest absolute Gasteiger partial charge is 0.382 e. The number of anilines is 3. The second-order valence-corrected chi connectivity index (χ2v) is 10.7. The van der Waals surface area contributed by atoms with E-state index in [0.717, 1.165) is 43.5 Å². The van der Waals surface area contributed by atoms with E-state index in [0.29, 0.717) is 54.5 Å². The van der Waals surface area contributed by atoms with Crippen molar-refractivity contribution in [2.45, 2.75) is 37.8 Å². The summed E-state index contributed by atoms with van der Waals surface area (Å²) in [5, 5.41) is 6.25. The van der Waals surface area contributed by atoms with Crippen molar-refractivity contribution < 1.29 is 22.8 Å². The Morgan fingerprint density at radius 3 is 2.60 bits per heavy atom. The molecule has 2 aliphatic heterocycles. The second-order valence-electron chi connectivity index (χ2n) is 10.7. The maximum Gasteiger partial charge on any atom is 0.416 e. The molecule has 208 valence electrons. The van der Waals surface area contributed by atoms with Crippen molar-refractivity contribution in [3.05, 3.63) is 71.8 Å². The number of nitrogens with zero attached hydrogens (tertiary/aromatic N) is 3. The molecule has 10 heteroatoms. The Hall–Kier alpha value is -4.08. The number of pyridine rings is 1. The number of halogens is 3. The number of fused-ring (bicyclic) bond motifs is 1. The second kappa shape index (κ2) is 10.5. The van der Waals surface area contributed by atoms with Gasteiger partial charge in [0.15, 0.2) is 5.82 Å². The first-order valence-electron chi connectivity index (χ1n) is 13.7. The van der Waals surface area contributed by atoms with Gasteiger partial charge in [0, 0.05) is 49.3 Å². The van der Waals surface area contributed by atoms with E-state index in [-0.39, 0.29) is 23.8 Å². The normalized spacial score (nSPS) is 19.0. The number of hydrogen-bond acceptors (Lipinski definition) is 4. The third-order valence-electron chi connectivity index (χ3n) is 7.77. The number of hydrogen-bond donors (Lipinski definition) is 2. The Balaban J connectivity index is 1.21. The molecule has 7 nitrogen and oxygen atoms in total. The van der Waals surface area contributed by atoms with Gasteiger partial charge < -0.3 is 15.5 Å². The van der Waals surface area contributed by atoms with Crippen LogP contribution in [0.25, 0.3) is 11.3 Å². The van der Waals surface area contributed by atoms with Gasteiger partial charge in [-0.05, 0) is 67.6 Å². The Kier molecular flexibility index (Phi) is 6.85. The highest BCUT2D eigenvalue weighted by molar-refractivity contribution is 6.03. The molecule has 1 saturated carbocycles. The highest BCUT2D eigenvalue weighted by Gasteiger charge is 2.37. The van der Waals surface area contributed by atoms with Crippen LogP contribution in [0.4, 0.5) is 35.2 Å². The van der Waals surface area contributed by atoms with Gasteiger partial charge in [0.1, 0.15) is 0 Å². The molecule has 1 unspecified atom stereocenters. The lowest BCUT2D eigenvalue weighted by Crippen LogP contribution is -2.36. The standard InChI is InChI=1S/C30H30F3N5O2/c31-30(32,33)23-6-1-5-21(16-23)25-10-11-26-27(36-25)38(14-3-13-34-26)29(40)35-24-7-2-4-20(17-24)22-12-15-37(18-22)28(39)19-8-9-19/h1-2,4-7,10-11,16-17,19,22,34H,3,8-9,12-15,18H2,(H,35,40). The number of amides is 3. The fraction of sp³-hybridized carbons (Fsp3) is 0.367. The summed E-state index contributed by atoms with van der Waals surface area (Å²) in [5.41, 5.74) is 2.27. The van der Waals surface area contributed by atoms with Gasteiger partial charge in [0.2, 0.25) is 5.91 Å². The molecule has 0 spiro atoms. The predicted octanol–water partition coefficient (Wildman–Crippen LogP) is 6.35. The quantitative estimate of drug-likeness (QED) is 0.398. The molecule has 1 aliphatic carbocycles. The Labute approximate surface area is 230 Å². The molecule has 2 fully saturated rings. The molecule has 0 radical (unpaired) electrons. The molecule has 6 rings (SSSR count). The number of carbonyl (C=O) groups is 2. The van der Waals surface area contributed by atoms with Gasteiger partial charge in [-0.1, -0.05) is 24.3 Å². The van der Waals surface area contributed by atoms with Gasteiger partial charge in [0.25, 0.3) is 0 Å². The molecule has 2 N–H and O–H groups in total. The highest BCUT2D eigenvalue weighted by Crippen LogP contribution is 2.36. The number of likely N-dealkylation sites (tertiary alicyclic amines) is 1. The van der Waals surface area contributed by atoms with Crippen molar-refractivity contribution in [2.75, 3.05) is 41.7 Å². The fourth-order valence-corrected chi connectivity index (χ4v) is 5.45. The fourth-order valence-electron chi connectivity index (χ4n) is 5.45. The third kappa shape index (κ3) is 5.48. The zero-order valence-electron chi connectivity index (χ0n) is 21.9. The van der Waals surface area contributed by atoms with Gasteiger partial charge in [-0.2, -0.15) is 13.2 Å². The minimum absolute atomic E-state index is 0.207. The summed E-state index contributed by atoms with van der Waals surface area (Å²) in [6, 6.07) is 15.8. The molecule has 40 heavy (non-hydrogen) atoms. The average Bonchev–Trinajstić information content (AvgIpc) is 3.72. The largest absolute Gasteiger partial charge is 0.416 e. The minimum Gasteiger partial charge on any atom is -0.382 e. The summed E-state index contributed by atoms with van der Waals surface area (Å²) in [5.74, 6) is 1.06. The van der Waals surface area contributed by atoms with E-state index in [1.165, 1.54) is 11.0 Å². The van der Waals surface area contributed by atoms with Crippen LogP contribution in [-0.4, -0.2) is 48.0 Å². The van der Waals surface area contributed by atoms with Gasteiger partial charge in [-0.3, -0.25) is 9.69 Å². The molecule has 1 atom stereocenters. The van der Waals surface area contributed by atoms with E-state index in [4.69, 9.17) is 0 Å². The maximum absolute atomic E-state index is 13.5. The number of aromatic nitrogens is 1. The first-order chi connectivity index (χ1) is 19.3. The first-order valence-corrected chi connectivity index (χ1v) is 13.7. The van der Waals surface area contributed by atoms with Crippen LogP contribution in [0.5, 0.6) is 0 Å². The maximum atomic E-state index is 13.5. The summed E-state index contributed by atoms with van der Waals surface area (Å²) in [6.07, 6.45) is -0.911. The lowest BCUT2D eigenvalue weighted by atomic mass is 9.98. The van der Waals surface area contributed by atoms with Crippen LogP contribution in [-0.2, 0) is 11.0 Å². The van der Waals surface area contributed by atoms with E-state index in [1.54, 1.807) is 18.2 Å². The minimum atomic E-state index is -4.47. The van der Waals surface area contributed by atoms with Crippen molar-refractivity contribution >= 4 is 29.1 Å². The van der Waals surface area contributed by atoms with Crippen LogP contribution in [0.1, 0.15) is 42.7 Å². The van der Waals surface area contributed by atoms with Gasteiger partial charge in [-0.15, -0.1) is 0 Å². The molecular weight excluding hydrogens is 519 g/mol. The first kappa shape index (κ1) is 26.2. The number of urea groups is 1. The van der Waals surface area contributed by atoms with E-state index < -0.39 is 11.7 Å². The molecule has 3 amide bonds. The molecule has 1 aromatic heterocycles. The van der Waals surface area contributed by atoms with Gasteiger partial charge in [0.05, 0.1) is 16.9 Å². The van der Waals surface area contributed by atoms with Crippen LogP contribution in [0.3, 0.4) is 0 Å². The monoisotopic (exact) mass is 549 g/mol. The van der Waals surface area contributed by atoms with Crippen LogP contribution >= 0.6 is 0 Å². The molecule has 2 aromatic carbocycles. The number of alkyl halides is 3. The van der Waals surface area contributed by atoms with Crippen molar-refractivity contribution in [3.8, 4) is 11.3 Å². The summed E-state index contributed by atoms with van der Waals surface area (Å²) < 4.78 is 39.9. The summed E-state index contributed by atoms with van der Waals surface area (Å²) in [4.78, 5) is 34.1. The van der Waals surface area contributed by atoms with Crippen molar-refractivity contribution in [2.24, 2.45) is 5.92 Å². The van der Waals surface area contributed by atoms with Crippen LogP contribution < -0.4 is 15.5 Å². The molecule has 1 saturated heterocycles. The van der Waals surface area contributed by atoms with Gasteiger partial charge in [-0.25, -0.2) is 9.78 Å². The molecule has 3 aromatic rings. The number of benzene rings is 2. The lowest BCUT2D eigenvalue weighted by Gasteiger charge is -2.23. The Morgan fingerprint density at radius 1 is 0.975 bits per heavy atom. The average molecular weight is 550 g/mol. The third-order valence-corrected chi connectivity index (χ3v) is 7.77. The zero-order chi connectivity index (χ0) is 27.9. The van der Waals surface area contributed by atoms with Crippen LogP contribution in [0.15, 0.2) is 60.7 Å². The molecule has 0 bridgehead atoms. The number of nitrogens with one attached hydrogen (secondary N) is 2. The van der Waals surface area contributed by atoms with E-state index in [2.05, 4.69) is 15.6 Å². The topological polar surface area (TPSA) is 77.6 Å². The van der Waals surface area contributed by atoms with Crippen molar-refractivity contribution in [1.82, 2.24) is 9.88 Å². The van der Waals surface area contributed by atoms with E-state index >= 15 is 0 Å². The van der Waals surface area contributed by atoms with E-state index in [1.807, 2.05) is 29.2 Å². The van der Waals surface area contributed by atoms with E-state index in [9.17, 15) is 22.8 Å². The van der Waals surface area contributed by atoms with Gasteiger partial charge >= 0.3 is 12.2 Å². The van der Waals surface area contributed by atoms with Crippen molar-refractivity contribution in [3.63, 3.8) is 0 Å². The van der Waals surface area contributed by atoms with Crippen LogP contribution in [0.2, 0.25) is 0 Å². The number of rotatable bonds is 4. The zero-order valence-corrected chi connectivity index (χ0v) is 21.9. The lowest BCUT2D eigenvalue weighted by molar-refractivity contribution is -0.137. The summed E-state index contributed by atoms with van der Waals surface area (Å²) in [7, 11) is 0. The Morgan fingerprint density at radius 2 is 1.80 bits per heavy atom. The predicted molar refractivity (Wildman–Crippen MR) is 147 cm³/mol. The molecular formula is C30H30F3N5O2. The molecule has 3 heterocycles. The Bertz CT molecular complexity index is 1440. The highest BCUT2D eigenvalue weighted by atomic mass is 19.4. The van der Waals surface area contributed by atoms with Crippen molar-refractivity contribution in [1.29, 1.82) is 0 Å².